The van der Waals surface area contributed by atoms with Gasteiger partial charge in [0.2, 0.25) is 0 Å². The SMILES string of the molecule is c1nc2c(s1)NCCCC2. The summed E-state index contributed by atoms with van der Waals surface area (Å²) in [4.78, 5) is 4.27. The minimum absolute atomic E-state index is 1.12. The maximum absolute atomic E-state index is 4.27. The minimum Gasteiger partial charge on any atom is -0.375 e. The number of aryl methyl sites for hydroxylation is 1. The number of nitrogens with one attached hydrogen (secondary N) is 1. The molecule has 2 nitrogen and oxygen atoms in total. The van der Waals surface area contributed by atoms with Crippen LogP contribution >= 0.6 is 11.3 Å². The number of rotatable bonds is 0. The van der Waals surface area contributed by atoms with Crippen molar-refractivity contribution < 1.29 is 0 Å². The molecule has 0 aliphatic carbocycles. The second-order valence-electron chi connectivity index (χ2n) is 2.51. The fourth-order valence-electron chi connectivity index (χ4n) is 1.21. The van der Waals surface area contributed by atoms with Crippen molar-refractivity contribution in [2.24, 2.45) is 0 Å². The molecule has 0 fully saturated rings. The molecule has 0 aromatic carbocycles. The van der Waals surface area contributed by atoms with E-state index in [-0.39, 0.29) is 0 Å². The van der Waals surface area contributed by atoms with Crippen LogP contribution < -0.4 is 5.32 Å². The molecule has 10 heavy (non-hydrogen) atoms. The van der Waals surface area contributed by atoms with Crippen molar-refractivity contribution >= 4 is 16.3 Å². The second kappa shape index (κ2) is 2.58. The molecule has 0 radical (unpaired) electrons. The number of hydrogen-bond donors (Lipinski definition) is 1. The van der Waals surface area contributed by atoms with E-state index in [2.05, 4.69) is 10.3 Å². The van der Waals surface area contributed by atoms with E-state index in [9.17, 15) is 0 Å². The minimum atomic E-state index is 1.12. The molecular weight excluding hydrogens is 144 g/mol. The summed E-state index contributed by atoms with van der Waals surface area (Å²) in [5.74, 6) is 0. The smallest absolute Gasteiger partial charge is 0.112 e. The second-order valence-corrected chi connectivity index (χ2v) is 3.37. The molecule has 0 amide bonds. The van der Waals surface area contributed by atoms with E-state index in [4.69, 9.17) is 0 Å². The number of nitrogens with zero attached hydrogens (tertiary/aromatic N) is 1. The molecule has 3 heteroatoms. The van der Waals surface area contributed by atoms with Gasteiger partial charge in [0.15, 0.2) is 0 Å². The van der Waals surface area contributed by atoms with Gasteiger partial charge in [-0.1, -0.05) is 0 Å². The molecule has 0 atom stereocenters. The molecule has 2 heterocycles. The highest BCUT2D eigenvalue weighted by Gasteiger charge is 2.08. The summed E-state index contributed by atoms with van der Waals surface area (Å²) in [6.07, 6.45) is 3.72. The van der Waals surface area contributed by atoms with Gasteiger partial charge in [0.25, 0.3) is 0 Å². The maximum Gasteiger partial charge on any atom is 0.112 e. The highest BCUT2D eigenvalue weighted by atomic mass is 32.1. The number of anilines is 1. The van der Waals surface area contributed by atoms with Gasteiger partial charge < -0.3 is 5.32 Å². The molecular formula is C7H10N2S. The summed E-state index contributed by atoms with van der Waals surface area (Å²) in [6.45, 7) is 1.12. The lowest BCUT2D eigenvalue weighted by molar-refractivity contribution is 0.775. The number of thiazole rings is 1. The van der Waals surface area contributed by atoms with Gasteiger partial charge in [0.05, 0.1) is 11.2 Å². The van der Waals surface area contributed by atoms with E-state index in [1.54, 1.807) is 11.3 Å². The van der Waals surface area contributed by atoms with Crippen molar-refractivity contribution in [3.63, 3.8) is 0 Å². The van der Waals surface area contributed by atoms with E-state index in [0.29, 0.717) is 0 Å². The quantitative estimate of drug-likeness (QED) is 0.617. The predicted octanol–water partition coefficient (Wildman–Crippen LogP) is 1.89. The van der Waals surface area contributed by atoms with Crippen LogP contribution in [0.25, 0.3) is 0 Å². The van der Waals surface area contributed by atoms with Crippen LogP contribution in [0.15, 0.2) is 5.51 Å². The van der Waals surface area contributed by atoms with E-state index in [1.165, 1.54) is 23.5 Å². The normalized spacial score (nSPS) is 17.2. The largest absolute Gasteiger partial charge is 0.375 e. The Balaban J connectivity index is 2.28. The lowest BCUT2D eigenvalue weighted by atomic mass is 10.2. The summed E-state index contributed by atoms with van der Waals surface area (Å²) in [5, 5.41) is 4.65. The molecule has 1 aromatic rings. The van der Waals surface area contributed by atoms with Gasteiger partial charge in [-0.05, 0) is 19.3 Å². The maximum atomic E-state index is 4.27. The van der Waals surface area contributed by atoms with E-state index < -0.39 is 0 Å². The van der Waals surface area contributed by atoms with E-state index >= 15 is 0 Å². The van der Waals surface area contributed by atoms with Crippen LogP contribution in [0.2, 0.25) is 0 Å². The first-order valence-electron chi connectivity index (χ1n) is 3.63. The predicted molar refractivity (Wildman–Crippen MR) is 43.5 cm³/mol. The lowest BCUT2D eigenvalue weighted by Gasteiger charge is -1.96. The van der Waals surface area contributed by atoms with Crippen LogP contribution in [-0.2, 0) is 6.42 Å². The third-order valence-electron chi connectivity index (χ3n) is 1.77. The molecule has 0 unspecified atom stereocenters. The van der Waals surface area contributed by atoms with Crippen LogP contribution in [0.5, 0.6) is 0 Å². The standard InChI is InChI=1S/C7H10N2S/c1-2-4-8-7-6(3-1)9-5-10-7/h5,8H,1-4H2. The molecule has 0 saturated heterocycles. The van der Waals surface area contributed by atoms with Crippen LogP contribution in [0, 0.1) is 0 Å². The molecule has 54 valence electrons. The molecule has 2 rings (SSSR count). The highest BCUT2D eigenvalue weighted by Crippen LogP contribution is 2.23. The molecule has 1 aliphatic rings. The summed E-state index contributed by atoms with van der Waals surface area (Å²) in [6, 6.07) is 0. The molecule has 0 spiro atoms. The molecule has 1 aromatic heterocycles. The van der Waals surface area contributed by atoms with Crippen molar-refractivity contribution in [3.8, 4) is 0 Å². The fraction of sp³-hybridized carbons (Fsp3) is 0.571. The summed E-state index contributed by atoms with van der Waals surface area (Å²) < 4.78 is 0. The van der Waals surface area contributed by atoms with Gasteiger partial charge in [0, 0.05) is 6.54 Å². The van der Waals surface area contributed by atoms with Gasteiger partial charge in [-0.2, -0.15) is 0 Å². The fourth-order valence-corrected chi connectivity index (χ4v) is 1.97. The summed E-state index contributed by atoms with van der Waals surface area (Å²) in [7, 11) is 0. The third kappa shape index (κ3) is 1.01. The Morgan fingerprint density at radius 2 is 2.50 bits per heavy atom. The zero-order valence-electron chi connectivity index (χ0n) is 5.76. The van der Waals surface area contributed by atoms with Crippen molar-refractivity contribution in [3.05, 3.63) is 11.2 Å². The van der Waals surface area contributed by atoms with Crippen LogP contribution in [-0.4, -0.2) is 11.5 Å². The number of aromatic nitrogens is 1. The average molecular weight is 154 g/mol. The zero-order chi connectivity index (χ0) is 6.81. The van der Waals surface area contributed by atoms with Crippen LogP contribution in [0.4, 0.5) is 5.00 Å². The van der Waals surface area contributed by atoms with E-state index in [0.717, 1.165) is 13.0 Å². The van der Waals surface area contributed by atoms with Gasteiger partial charge in [0.1, 0.15) is 5.00 Å². The Kier molecular flexibility index (Phi) is 1.59. The Labute approximate surface area is 64.3 Å². The highest BCUT2D eigenvalue weighted by molar-refractivity contribution is 7.14. The Bertz CT molecular complexity index is 199. The van der Waals surface area contributed by atoms with Gasteiger partial charge in [-0.25, -0.2) is 4.98 Å². The van der Waals surface area contributed by atoms with Crippen LogP contribution in [0.1, 0.15) is 18.5 Å². The molecule has 1 aliphatic heterocycles. The molecule has 0 bridgehead atoms. The van der Waals surface area contributed by atoms with Gasteiger partial charge in [-0.3, -0.25) is 0 Å². The van der Waals surface area contributed by atoms with Crippen molar-refractivity contribution in [1.29, 1.82) is 0 Å². The first kappa shape index (κ1) is 6.16. The zero-order valence-corrected chi connectivity index (χ0v) is 6.58. The lowest BCUT2D eigenvalue weighted by Crippen LogP contribution is -1.96. The van der Waals surface area contributed by atoms with Gasteiger partial charge in [-0.15, -0.1) is 11.3 Å². The topological polar surface area (TPSA) is 24.9 Å². The number of hydrogen-bond acceptors (Lipinski definition) is 3. The van der Waals surface area contributed by atoms with Crippen molar-refractivity contribution in [1.82, 2.24) is 4.98 Å². The molecule has 1 N–H and O–H groups in total. The summed E-state index contributed by atoms with van der Waals surface area (Å²) >= 11 is 1.72. The van der Waals surface area contributed by atoms with Gasteiger partial charge >= 0.3 is 0 Å². The summed E-state index contributed by atoms with van der Waals surface area (Å²) in [5.41, 5.74) is 3.19. The first-order chi connectivity index (χ1) is 4.97. The average Bonchev–Trinajstić information content (AvgIpc) is 2.28. The Morgan fingerprint density at radius 1 is 1.50 bits per heavy atom. The first-order valence-corrected chi connectivity index (χ1v) is 4.51. The Morgan fingerprint density at radius 3 is 3.50 bits per heavy atom. The Hall–Kier alpha value is -0.570. The van der Waals surface area contributed by atoms with Crippen molar-refractivity contribution in [2.45, 2.75) is 19.3 Å². The van der Waals surface area contributed by atoms with Crippen LogP contribution in [0.3, 0.4) is 0 Å². The number of fused-ring (bicyclic) bond motifs is 1. The molecule has 0 saturated carbocycles. The third-order valence-corrected chi connectivity index (χ3v) is 2.59. The monoisotopic (exact) mass is 154 g/mol. The van der Waals surface area contributed by atoms with Crippen molar-refractivity contribution in [2.75, 3.05) is 11.9 Å². The van der Waals surface area contributed by atoms with E-state index in [1.807, 2.05) is 5.51 Å².